The Balaban J connectivity index is 1.40. The van der Waals surface area contributed by atoms with Crippen LogP contribution in [0.5, 0.6) is 0 Å². The lowest BCUT2D eigenvalue weighted by Crippen LogP contribution is -2.33. The van der Waals surface area contributed by atoms with Crippen molar-refractivity contribution in [1.82, 2.24) is 10.3 Å². The molecule has 1 aliphatic heterocycles. The Morgan fingerprint density at radius 1 is 1.18 bits per heavy atom. The molecule has 0 radical (unpaired) electrons. The molecular formula is C25H24FN3O4S. The Morgan fingerprint density at radius 3 is 2.65 bits per heavy atom. The molecule has 1 N–H and O–H groups in total. The van der Waals surface area contributed by atoms with E-state index < -0.39 is 28.8 Å². The van der Waals surface area contributed by atoms with Gasteiger partial charge in [0, 0.05) is 35.2 Å². The summed E-state index contributed by atoms with van der Waals surface area (Å²) in [6.45, 7) is 1.82. The normalized spacial score (nSPS) is 16.2. The average Bonchev–Trinajstić information content (AvgIpc) is 3.19. The minimum atomic E-state index is -1.10. The van der Waals surface area contributed by atoms with Gasteiger partial charge in [0.1, 0.15) is 11.9 Å². The number of halogens is 1. The summed E-state index contributed by atoms with van der Waals surface area (Å²) < 4.78 is 32.6. The molecule has 0 saturated carbocycles. The number of pyridine rings is 1. The number of ether oxygens (including phenoxy) is 1. The van der Waals surface area contributed by atoms with Crippen LogP contribution in [0.4, 0.5) is 14.9 Å². The van der Waals surface area contributed by atoms with E-state index in [0.717, 1.165) is 11.3 Å². The Kier molecular flexibility index (Phi) is 7.32. The minimum Gasteiger partial charge on any atom is -0.442 e. The number of cyclic esters (lactones) is 1. The highest BCUT2D eigenvalue weighted by Gasteiger charge is 2.32. The molecule has 0 spiro atoms. The summed E-state index contributed by atoms with van der Waals surface area (Å²) in [5, 5.41) is 2.61. The number of hydrogen-bond acceptors (Lipinski definition) is 5. The van der Waals surface area contributed by atoms with E-state index in [4.69, 9.17) is 4.74 Å². The molecule has 34 heavy (non-hydrogen) atoms. The molecule has 2 amide bonds. The summed E-state index contributed by atoms with van der Waals surface area (Å²) >= 11 is 0. The summed E-state index contributed by atoms with van der Waals surface area (Å²) in [4.78, 5) is 28.8. The van der Waals surface area contributed by atoms with Crippen LogP contribution in [0.15, 0.2) is 66.9 Å². The lowest BCUT2D eigenvalue weighted by atomic mass is 10.0. The Hall–Kier alpha value is -3.59. The molecule has 9 heteroatoms. The maximum Gasteiger partial charge on any atom is 0.414 e. The fraction of sp³-hybridized carbons (Fsp3) is 0.240. The van der Waals surface area contributed by atoms with Gasteiger partial charge in [-0.3, -0.25) is 18.9 Å². The van der Waals surface area contributed by atoms with Crippen LogP contribution >= 0.6 is 0 Å². The first kappa shape index (κ1) is 23.6. The largest absolute Gasteiger partial charge is 0.442 e. The summed E-state index contributed by atoms with van der Waals surface area (Å²) in [5.41, 5.74) is 3.13. The van der Waals surface area contributed by atoms with Crippen molar-refractivity contribution in [3.8, 4) is 11.1 Å². The molecule has 1 aliphatic rings. The van der Waals surface area contributed by atoms with Gasteiger partial charge in [-0.1, -0.05) is 30.3 Å². The Bertz CT molecular complexity index is 1200. The fourth-order valence-electron chi connectivity index (χ4n) is 3.67. The van der Waals surface area contributed by atoms with E-state index in [0.29, 0.717) is 28.3 Å². The molecular weight excluding hydrogens is 457 g/mol. The number of anilines is 1. The molecule has 2 heterocycles. The van der Waals surface area contributed by atoms with Crippen molar-refractivity contribution in [1.29, 1.82) is 0 Å². The third-order valence-corrected chi connectivity index (χ3v) is 6.62. The smallest absolute Gasteiger partial charge is 0.414 e. The van der Waals surface area contributed by atoms with Crippen LogP contribution in [0.1, 0.15) is 18.2 Å². The monoisotopic (exact) mass is 481 g/mol. The predicted octanol–water partition coefficient (Wildman–Crippen LogP) is 3.80. The van der Waals surface area contributed by atoms with Crippen molar-refractivity contribution in [2.45, 2.75) is 24.5 Å². The number of nitrogens with zero attached hydrogens (tertiary/aromatic N) is 2. The fourth-order valence-corrected chi connectivity index (χ4v) is 4.84. The van der Waals surface area contributed by atoms with Gasteiger partial charge in [0.05, 0.1) is 30.2 Å². The summed E-state index contributed by atoms with van der Waals surface area (Å²) in [7, 11) is -1.10. The number of rotatable bonds is 8. The minimum absolute atomic E-state index is 0.205. The molecule has 3 aromatic rings. The van der Waals surface area contributed by atoms with E-state index in [1.165, 1.54) is 17.9 Å². The van der Waals surface area contributed by atoms with Gasteiger partial charge in [-0.05, 0) is 41.5 Å². The first-order valence-electron chi connectivity index (χ1n) is 10.8. The lowest BCUT2D eigenvalue weighted by molar-refractivity contribution is -0.119. The zero-order valence-electron chi connectivity index (χ0n) is 18.6. The highest BCUT2D eigenvalue weighted by molar-refractivity contribution is 7.83. The number of hydrogen-bond donors (Lipinski definition) is 1. The first-order valence-corrected chi connectivity index (χ1v) is 12.2. The maximum atomic E-state index is 14.9. The van der Waals surface area contributed by atoms with Gasteiger partial charge < -0.3 is 10.1 Å². The van der Waals surface area contributed by atoms with E-state index in [9.17, 15) is 18.2 Å². The SMILES string of the molecule is CC(=O)NC[C@H]1CN(c2ccc(-c3ccc(CS(=O)Cc4ccccn4)cc3)c(F)c2)C(=O)O1. The van der Waals surface area contributed by atoms with Crippen LogP contribution in [0.2, 0.25) is 0 Å². The highest BCUT2D eigenvalue weighted by atomic mass is 32.2. The van der Waals surface area contributed by atoms with Crippen LogP contribution in [-0.4, -0.2) is 40.4 Å². The van der Waals surface area contributed by atoms with E-state index in [1.807, 2.05) is 30.3 Å². The number of carbonyl (C=O) groups is 2. The topological polar surface area (TPSA) is 88.6 Å². The molecule has 2 aromatic carbocycles. The Labute approximate surface area is 199 Å². The van der Waals surface area contributed by atoms with Crippen LogP contribution in [-0.2, 0) is 31.8 Å². The van der Waals surface area contributed by atoms with Crippen molar-refractivity contribution < 1.29 is 22.9 Å². The number of benzene rings is 2. The third kappa shape index (κ3) is 5.85. The molecule has 0 bridgehead atoms. The summed E-state index contributed by atoms with van der Waals surface area (Å²) in [6, 6.07) is 17.4. The van der Waals surface area contributed by atoms with Gasteiger partial charge >= 0.3 is 6.09 Å². The number of nitrogens with one attached hydrogen (secondary N) is 1. The number of aromatic nitrogens is 1. The van der Waals surface area contributed by atoms with Gasteiger partial charge in [0.2, 0.25) is 5.91 Å². The average molecular weight is 482 g/mol. The Morgan fingerprint density at radius 2 is 1.97 bits per heavy atom. The van der Waals surface area contributed by atoms with Crippen molar-refractivity contribution in [2.24, 2.45) is 0 Å². The quantitative estimate of drug-likeness (QED) is 0.529. The second-order valence-corrected chi connectivity index (χ2v) is 9.42. The summed E-state index contributed by atoms with van der Waals surface area (Å²) in [6.07, 6.45) is 0.610. The van der Waals surface area contributed by atoms with Crippen molar-refractivity contribution in [2.75, 3.05) is 18.0 Å². The van der Waals surface area contributed by atoms with Crippen molar-refractivity contribution >= 4 is 28.5 Å². The molecule has 2 atom stereocenters. The molecule has 176 valence electrons. The standard InChI is InChI=1S/C25H24FN3O4S/c1-17(30)28-13-22-14-29(25(31)33-22)21-9-10-23(24(26)12-21)19-7-5-18(6-8-19)15-34(32)16-20-4-2-3-11-27-20/h2-12,22H,13-16H2,1H3,(H,28,30)/t22-,34?/m0/s1. The molecule has 7 nitrogen and oxygen atoms in total. The summed E-state index contributed by atoms with van der Waals surface area (Å²) in [5.74, 6) is 0.0793. The molecule has 1 unspecified atom stereocenters. The highest BCUT2D eigenvalue weighted by Crippen LogP contribution is 2.29. The van der Waals surface area contributed by atoms with Crippen molar-refractivity contribution in [3.63, 3.8) is 0 Å². The van der Waals surface area contributed by atoms with Gasteiger partial charge in [-0.25, -0.2) is 9.18 Å². The zero-order chi connectivity index (χ0) is 24.1. The van der Waals surface area contributed by atoms with E-state index in [2.05, 4.69) is 10.3 Å². The predicted molar refractivity (Wildman–Crippen MR) is 128 cm³/mol. The molecule has 0 aliphatic carbocycles. The molecule has 1 aromatic heterocycles. The lowest BCUT2D eigenvalue weighted by Gasteiger charge is -2.14. The zero-order valence-corrected chi connectivity index (χ0v) is 19.4. The van der Waals surface area contributed by atoms with Gasteiger partial charge in [0.25, 0.3) is 0 Å². The second kappa shape index (κ2) is 10.6. The van der Waals surface area contributed by atoms with Gasteiger partial charge in [-0.15, -0.1) is 0 Å². The van der Waals surface area contributed by atoms with Crippen LogP contribution in [0, 0.1) is 5.82 Å². The van der Waals surface area contributed by atoms with Crippen LogP contribution < -0.4 is 10.2 Å². The van der Waals surface area contributed by atoms with Crippen molar-refractivity contribution in [3.05, 3.63) is 83.9 Å². The molecule has 4 rings (SSSR count). The maximum absolute atomic E-state index is 14.9. The molecule has 1 saturated heterocycles. The number of amides is 2. The molecule has 1 fully saturated rings. The first-order chi connectivity index (χ1) is 16.4. The van der Waals surface area contributed by atoms with E-state index >= 15 is 0 Å². The van der Waals surface area contributed by atoms with Crippen LogP contribution in [0.3, 0.4) is 0 Å². The van der Waals surface area contributed by atoms with E-state index in [-0.39, 0.29) is 19.0 Å². The third-order valence-electron chi connectivity index (χ3n) is 5.34. The van der Waals surface area contributed by atoms with Gasteiger partial charge in [0.15, 0.2) is 0 Å². The van der Waals surface area contributed by atoms with E-state index in [1.54, 1.807) is 30.5 Å². The second-order valence-electron chi connectivity index (χ2n) is 7.96. The van der Waals surface area contributed by atoms with Gasteiger partial charge in [-0.2, -0.15) is 0 Å². The number of carbonyl (C=O) groups excluding carboxylic acids is 2. The van der Waals surface area contributed by atoms with Crippen LogP contribution in [0.25, 0.3) is 11.1 Å².